The summed E-state index contributed by atoms with van der Waals surface area (Å²) in [7, 11) is 0. The smallest absolute Gasteiger partial charge is 0.123 e. The molecule has 13 heavy (non-hydrogen) atoms. The quantitative estimate of drug-likeness (QED) is 0.587. The van der Waals surface area contributed by atoms with Gasteiger partial charge in [-0.3, -0.25) is 5.41 Å². The Morgan fingerprint density at radius 2 is 1.85 bits per heavy atom. The standard InChI is InChI=1S/C5H7N3.C4H4S/c6-4-2-1-3-5(7)8-4;1-2-4-5-3-1/h1-3H,(H4,6,7,8);1-4H. The highest BCUT2D eigenvalue weighted by atomic mass is 32.1. The molecular weight excluding hydrogens is 182 g/mol. The van der Waals surface area contributed by atoms with Gasteiger partial charge in [-0.15, -0.1) is 0 Å². The molecule has 0 saturated carbocycles. The van der Waals surface area contributed by atoms with E-state index in [4.69, 9.17) is 11.1 Å². The summed E-state index contributed by atoms with van der Waals surface area (Å²) in [6.07, 6.45) is 0. The molecule has 0 aliphatic heterocycles. The summed E-state index contributed by atoms with van der Waals surface area (Å²) >= 11 is 1.71. The molecule has 0 unspecified atom stereocenters. The lowest BCUT2D eigenvalue weighted by Crippen LogP contribution is -2.05. The number of hydrogen-bond acceptors (Lipinski definition) is 3. The predicted molar refractivity (Wildman–Crippen MR) is 55.4 cm³/mol. The van der Waals surface area contributed by atoms with E-state index >= 15 is 0 Å². The minimum atomic E-state index is 0.338. The van der Waals surface area contributed by atoms with Gasteiger partial charge in [0.1, 0.15) is 11.3 Å². The third kappa shape index (κ3) is 4.12. The summed E-state index contributed by atoms with van der Waals surface area (Å²) in [6, 6.07) is 9.11. The second-order valence-electron chi connectivity index (χ2n) is 2.31. The summed E-state index contributed by atoms with van der Waals surface area (Å²) < 4.78 is 0. The fraction of sp³-hybridized carbons (Fsp3) is 0. The van der Waals surface area contributed by atoms with Crippen LogP contribution in [0.5, 0.6) is 0 Å². The van der Waals surface area contributed by atoms with E-state index in [0.717, 1.165) is 0 Å². The number of pyridine rings is 1. The van der Waals surface area contributed by atoms with E-state index in [1.54, 1.807) is 29.5 Å². The maximum absolute atomic E-state index is 7.00. The molecule has 4 heteroatoms. The lowest BCUT2D eigenvalue weighted by atomic mass is 10.5. The van der Waals surface area contributed by atoms with Gasteiger partial charge >= 0.3 is 0 Å². The molecule has 0 spiro atoms. The van der Waals surface area contributed by atoms with Gasteiger partial charge in [0.05, 0.1) is 0 Å². The minimum absolute atomic E-state index is 0.338. The molecule has 0 aromatic carbocycles. The SMILES string of the molecule is N=c1cccc(N)[nH]1.c1ccsc1. The first-order valence-corrected chi connectivity index (χ1v) is 4.70. The van der Waals surface area contributed by atoms with Crippen LogP contribution in [0.1, 0.15) is 0 Å². The van der Waals surface area contributed by atoms with Gasteiger partial charge in [-0.2, -0.15) is 11.3 Å². The van der Waals surface area contributed by atoms with Crippen LogP contribution in [0.15, 0.2) is 41.1 Å². The van der Waals surface area contributed by atoms with Crippen LogP contribution in [0.4, 0.5) is 5.82 Å². The molecule has 0 bridgehead atoms. The topological polar surface area (TPSA) is 65.7 Å². The predicted octanol–water partition coefficient (Wildman–Crippen LogP) is 1.82. The molecule has 2 heterocycles. The van der Waals surface area contributed by atoms with Gasteiger partial charge in [0.2, 0.25) is 0 Å². The maximum Gasteiger partial charge on any atom is 0.123 e. The Morgan fingerprint density at radius 1 is 1.15 bits per heavy atom. The Balaban J connectivity index is 0.000000145. The molecule has 2 rings (SSSR count). The number of thiophene rings is 1. The highest BCUT2D eigenvalue weighted by Crippen LogP contribution is 1.91. The zero-order valence-corrected chi connectivity index (χ0v) is 7.84. The molecule has 2 aromatic rings. The Kier molecular flexibility index (Phi) is 3.78. The molecule has 3 nitrogen and oxygen atoms in total. The van der Waals surface area contributed by atoms with Crippen LogP contribution in [0.25, 0.3) is 0 Å². The molecule has 0 atom stereocenters. The van der Waals surface area contributed by atoms with Gasteiger partial charge in [0, 0.05) is 0 Å². The van der Waals surface area contributed by atoms with E-state index in [1.807, 2.05) is 22.9 Å². The second-order valence-corrected chi connectivity index (χ2v) is 3.13. The van der Waals surface area contributed by atoms with Gasteiger partial charge in [-0.05, 0) is 22.9 Å². The van der Waals surface area contributed by atoms with Gasteiger partial charge in [0.15, 0.2) is 0 Å². The Labute approximate surface area is 80.4 Å². The molecule has 0 radical (unpaired) electrons. The molecule has 0 saturated heterocycles. The average molecular weight is 193 g/mol. The number of hydrogen-bond donors (Lipinski definition) is 3. The van der Waals surface area contributed by atoms with Crippen molar-refractivity contribution in [1.82, 2.24) is 4.98 Å². The molecule has 68 valence electrons. The Hall–Kier alpha value is -1.55. The van der Waals surface area contributed by atoms with Crippen molar-refractivity contribution in [2.75, 3.05) is 5.73 Å². The average Bonchev–Trinajstić information content (AvgIpc) is 2.59. The largest absolute Gasteiger partial charge is 0.385 e. The van der Waals surface area contributed by atoms with Crippen molar-refractivity contribution < 1.29 is 0 Å². The lowest BCUT2D eigenvalue weighted by Gasteiger charge is -1.87. The van der Waals surface area contributed by atoms with Crippen LogP contribution >= 0.6 is 11.3 Å². The van der Waals surface area contributed by atoms with Gasteiger partial charge in [0.25, 0.3) is 0 Å². The zero-order chi connectivity index (χ0) is 9.52. The van der Waals surface area contributed by atoms with Crippen LogP contribution < -0.4 is 11.2 Å². The van der Waals surface area contributed by atoms with Crippen LogP contribution in [-0.4, -0.2) is 4.98 Å². The first-order valence-electron chi connectivity index (χ1n) is 3.75. The number of anilines is 1. The molecule has 0 aliphatic carbocycles. The van der Waals surface area contributed by atoms with Crippen molar-refractivity contribution in [3.05, 3.63) is 46.6 Å². The van der Waals surface area contributed by atoms with Gasteiger partial charge in [-0.25, -0.2) is 0 Å². The summed E-state index contributed by atoms with van der Waals surface area (Å²) in [5.74, 6) is 0.525. The van der Waals surface area contributed by atoms with E-state index in [1.165, 1.54) is 0 Å². The van der Waals surface area contributed by atoms with Crippen molar-refractivity contribution in [2.45, 2.75) is 0 Å². The summed E-state index contributed by atoms with van der Waals surface area (Å²) in [5.41, 5.74) is 5.62. The number of nitrogens with one attached hydrogen (secondary N) is 2. The molecule has 2 aromatic heterocycles. The van der Waals surface area contributed by atoms with Crippen LogP contribution in [-0.2, 0) is 0 Å². The van der Waals surface area contributed by atoms with Crippen molar-refractivity contribution in [3.63, 3.8) is 0 Å². The van der Waals surface area contributed by atoms with Crippen LogP contribution in [0, 0.1) is 5.41 Å². The normalized spacial score (nSPS) is 8.62. The number of nitrogen functional groups attached to an aromatic ring is 1. The van der Waals surface area contributed by atoms with Crippen molar-refractivity contribution in [1.29, 1.82) is 5.41 Å². The fourth-order valence-corrected chi connectivity index (χ4v) is 1.17. The Bertz CT molecular complexity index is 361. The van der Waals surface area contributed by atoms with Crippen LogP contribution in [0.3, 0.4) is 0 Å². The summed E-state index contributed by atoms with van der Waals surface area (Å²) in [4.78, 5) is 2.61. The summed E-state index contributed by atoms with van der Waals surface area (Å²) in [5, 5.41) is 11.1. The van der Waals surface area contributed by atoms with E-state index in [-0.39, 0.29) is 0 Å². The number of rotatable bonds is 0. The van der Waals surface area contributed by atoms with Gasteiger partial charge in [-0.1, -0.05) is 18.2 Å². The first-order chi connectivity index (χ1) is 6.29. The summed E-state index contributed by atoms with van der Waals surface area (Å²) in [6.45, 7) is 0. The molecule has 4 N–H and O–H groups in total. The number of aromatic amines is 1. The van der Waals surface area contributed by atoms with E-state index in [0.29, 0.717) is 11.3 Å². The zero-order valence-electron chi connectivity index (χ0n) is 7.03. The second kappa shape index (κ2) is 5.16. The first kappa shape index (κ1) is 9.54. The Morgan fingerprint density at radius 3 is 2.15 bits per heavy atom. The maximum atomic E-state index is 7.00. The van der Waals surface area contributed by atoms with Crippen LogP contribution in [0.2, 0.25) is 0 Å². The number of aromatic nitrogens is 1. The molecule has 0 amide bonds. The van der Waals surface area contributed by atoms with E-state index < -0.39 is 0 Å². The van der Waals surface area contributed by atoms with Crippen molar-refractivity contribution in [2.24, 2.45) is 0 Å². The highest BCUT2D eigenvalue weighted by molar-refractivity contribution is 7.07. The molecule has 0 fully saturated rings. The lowest BCUT2D eigenvalue weighted by molar-refractivity contribution is 1.11. The van der Waals surface area contributed by atoms with Gasteiger partial charge < -0.3 is 10.7 Å². The number of nitrogens with two attached hydrogens (primary N) is 1. The van der Waals surface area contributed by atoms with E-state index in [9.17, 15) is 0 Å². The minimum Gasteiger partial charge on any atom is -0.385 e. The monoisotopic (exact) mass is 193 g/mol. The third-order valence-corrected chi connectivity index (χ3v) is 1.87. The fourth-order valence-electron chi connectivity index (χ4n) is 0.714. The van der Waals surface area contributed by atoms with E-state index in [2.05, 4.69) is 4.98 Å². The van der Waals surface area contributed by atoms with Crippen molar-refractivity contribution >= 4 is 17.2 Å². The molecular formula is C9H11N3S. The third-order valence-electron chi connectivity index (χ3n) is 1.24. The highest BCUT2D eigenvalue weighted by Gasteiger charge is 1.76. The van der Waals surface area contributed by atoms with Crippen molar-refractivity contribution in [3.8, 4) is 0 Å². The number of H-pyrrole nitrogens is 1. The molecule has 0 aliphatic rings.